The van der Waals surface area contributed by atoms with Crippen LogP contribution < -0.4 is 0 Å². The third kappa shape index (κ3) is 2.49. The molecule has 0 aliphatic carbocycles. The molecule has 11 heavy (non-hydrogen) atoms. The van der Waals surface area contributed by atoms with Crippen molar-refractivity contribution in [2.45, 2.75) is 18.7 Å². The van der Waals surface area contributed by atoms with Gasteiger partial charge in [-0.05, 0) is 30.4 Å². The third-order valence-electron chi connectivity index (χ3n) is 2.33. The molecule has 62 valence electrons. The molecular formula is C7H12BClO2. The summed E-state index contributed by atoms with van der Waals surface area (Å²) in [5.41, 5.74) is 0. The number of carbonyl (C=O) groups is 1. The van der Waals surface area contributed by atoms with E-state index in [0.29, 0.717) is 5.92 Å². The molecular weight excluding hydrogens is 162 g/mol. The molecule has 0 aromatic rings. The van der Waals surface area contributed by atoms with E-state index in [1.807, 2.05) is 7.85 Å². The molecule has 0 aromatic heterocycles. The van der Waals surface area contributed by atoms with Gasteiger partial charge in [-0.15, -0.1) is 0 Å². The van der Waals surface area contributed by atoms with Crippen molar-refractivity contribution in [3.63, 3.8) is 0 Å². The Hall–Kier alpha value is -0.0151. The van der Waals surface area contributed by atoms with Crippen molar-refractivity contribution in [1.82, 2.24) is 0 Å². The van der Waals surface area contributed by atoms with Gasteiger partial charge in [0, 0.05) is 19.0 Å². The highest BCUT2D eigenvalue weighted by atomic mass is 35.5. The molecule has 0 saturated carbocycles. The van der Waals surface area contributed by atoms with Crippen molar-refractivity contribution in [2.75, 3.05) is 13.2 Å². The number of ether oxygens (including phenoxy) is 1. The molecule has 0 aromatic carbocycles. The first-order valence-electron chi connectivity index (χ1n) is 3.99. The number of halogens is 1. The zero-order valence-electron chi connectivity index (χ0n) is 6.68. The topological polar surface area (TPSA) is 26.3 Å². The standard InChI is InChI=1S/C7H12BClO2/c8-6(7(9)10)5-1-3-11-4-2-5/h5-6H,1-4,8H2. The van der Waals surface area contributed by atoms with E-state index in [0.717, 1.165) is 26.1 Å². The lowest BCUT2D eigenvalue weighted by Gasteiger charge is -2.25. The summed E-state index contributed by atoms with van der Waals surface area (Å²) in [5, 5.41) is -0.211. The van der Waals surface area contributed by atoms with Crippen LogP contribution in [0.25, 0.3) is 0 Å². The fourth-order valence-electron chi connectivity index (χ4n) is 1.40. The molecule has 1 unspecified atom stereocenters. The average molecular weight is 174 g/mol. The second kappa shape index (κ2) is 4.12. The van der Waals surface area contributed by atoms with Crippen molar-refractivity contribution in [1.29, 1.82) is 0 Å². The zero-order chi connectivity index (χ0) is 8.27. The van der Waals surface area contributed by atoms with Crippen molar-refractivity contribution in [3.8, 4) is 0 Å². The van der Waals surface area contributed by atoms with E-state index in [-0.39, 0.29) is 11.1 Å². The van der Waals surface area contributed by atoms with Gasteiger partial charge in [0.1, 0.15) is 7.85 Å². The molecule has 0 N–H and O–H groups in total. The van der Waals surface area contributed by atoms with E-state index in [1.165, 1.54) is 0 Å². The summed E-state index contributed by atoms with van der Waals surface area (Å²) in [6, 6.07) is 0. The summed E-state index contributed by atoms with van der Waals surface area (Å²) in [5.74, 6) is 0.439. The first kappa shape index (κ1) is 9.08. The maximum absolute atomic E-state index is 10.8. The first-order valence-corrected chi connectivity index (χ1v) is 4.36. The van der Waals surface area contributed by atoms with Crippen LogP contribution in [0.5, 0.6) is 0 Å². The van der Waals surface area contributed by atoms with Gasteiger partial charge in [-0.1, -0.05) is 0 Å². The van der Waals surface area contributed by atoms with Crippen LogP contribution in [0, 0.1) is 5.92 Å². The van der Waals surface area contributed by atoms with Crippen LogP contribution in [-0.4, -0.2) is 26.3 Å². The van der Waals surface area contributed by atoms with Crippen molar-refractivity contribution < 1.29 is 9.53 Å². The molecule has 0 radical (unpaired) electrons. The van der Waals surface area contributed by atoms with E-state index in [9.17, 15) is 4.79 Å². The summed E-state index contributed by atoms with van der Waals surface area (Å²) >= 11 is 5.38. The Morgan fingerprint density at radius 2 is 2.09 bits per heavy atom. The van der Waals surface area contributed by atoms with Gasteiger partial charge < -0.3 is 4.74 Å². The minimum absolute atomic E-state index is 0.000525. The van der Waals surface area contributed by atoms with Crippen LogP contribution in [-0.2, 0) is 9.53 Å². The number of hydrogen-bond donors (Lipinski definition) is 0. The molecule has 0 amide bonds. The molecule has 4 heteroatoms. The molecule has 2 nitrogen and oxygen atoms in total. The van der Waals surface area contributed by atoms with Gasteiger partial charge in [0.15, 0.2) is 0 Å². The fraction of sp³-hybridized carbons (Fsp3) is 0.857. The van der Waals surface area contributed by atoms with Gasteiger partial charge >= 0.3 is 0 Å². The molecule has 1 fully saturated rings. The molecule has 1 atom stereocenters. The summed E-state index contributed by atoms with van der Waals surface area (Å²) < 4.78 is 5.18. The van der Waals surface area contributed by atoms with Crippen molar-refractivity contribution in [2.24, 2.45) is 5.92 Å². The highest BCUT2D eigenvalue weighted by Crippen LogP contribution is 2.27. The van der Waals surface area contributed by atoms with E-state index >= 15 is 0 Å². The van der Waals surface area contributed by atoms with Gasteiger partial charge in [-0.25, -0.2) is 0 Å². The lowest BCUT2D eigenvalue weighted by Crippen LogP contribution is -2.23. The van der Waals surface area contributed by atoms with Gasteiger partial charge in [0.05, 0.1) is 0 Å². The predicted molar refractivity (Wildman–Crippen MR) is 46.7 cm³/mol. The molecule has 1 rings (SSSR count). The summed E-state index contributed by atoms with van der Waals surface area (Å²) in [6.45, 7) is 1.55. The SMILES string of the molecule is BC(C(=O)Cl)C1CCOCC1. The number of rotatable bonds is 2. The first-order chi connectivity index (χ1) is 5.22. The Kier molecular flexibility index (Phi) is 3.40. The molecule has 1 heterocycles. The minimum atomic E-state index is -0.211. The summed E-state index contributed by atoms with van der Waals surface area (Å²) in [6.07, 6.45) is 1.94. The second-order valence-corrected chi connectivity index (χ2v) is 3.42. The maximum atomic E-state index is 10.8. The van der Waals surface area contributed by atoms with Gasteiger partial charge in [-0.3, -0.25) is 4.79 Å². The third-order valence-corrected chi connectivity index (χ3v) is 2.68. The quantitative estimate of drug-likeness (QED) is 0.453. The van der Waals surface area contributed by atoms with Crippen LogP contribution in [0.15, 0.2) is 0 Å². The monoisotopic (exact) mass is 174 g/mol. The van der Waals surface area contributed by atoms with Crippen LogP contribution in [0.4, 0.5) is 0 Å². The van der Waals surface area contributed by atoms with Crippen molar-refractivity contribution >= 4 is 24.7 Å². The molecule has 1 saturated heterocycles. The van der Waals surface area contributed by atoms with E-state index < -0.39 is 0 Å². The minimum Gasteiger partial charge on any atom is -0.381 e. The average Bonchev–Trinajstić information content (AvgIpc) is 2.05. The van der Waals surface area contributed by atoms with Crippen LogP contribution in [0.1, 0.15) is 12.8 Å². The fourth-order valence-corrected chi connectivity index (χ4v) is 1.58. The second-order valence-electron chi connectivity index (χ2n) is 3.04. The van der Waals surface area contributed by atoms with E-state index in [2.05, 4.69) is 0 Å². The lowest BCUT2D eigenvalue weighted by molar-refractivity contribution is -0.113. The molecule has 1 aliphatic heterocycles. The predicted octanol–water partition coefficient (Wildman–Crippen LogP) is 0.600. The highest BCUT2D eigenvalue weighted by molar-refractivity contribution is 6.68. The van der Waals surface area contributed by atoms with Gasteiger partial charge in [0.25, 0.3) is 0 Å². The Morgan fingerprint density at radius 3 is 2.55 bits per heavy atom. The molecule has 1 aliphatic rings. The zero-order valence-corrected chi connectivity index (χ0v) is 7.43. The largest absolute Gasteiger partial charge is 0.381 e. The maximum Gasteiger partial charge on any atom is 0.217 e. The van der Waals surface area contributed by atoms with E-state index in [1.54, 1.807) is 0 Å². The van der Waals surface area contributed by atoms with Crippen LogP contribution in [0.2, 0.25) is 5.82 Å². The Labute approximate surface area is 72.7 Å². The molecule has 0 bridgehead atoms. The highest BCUT2D eigenvalue weighted by Gasteiger charge is 2.24. The van der Waals surface area contributed by atoms with Gasteiger partial charge in [0.2, 0.25) is 5.24 Å². The Balaban J connectivity index is 2.38. The van der Waals surface area contributed by atoms with Crippen LogP contribution in [0.3, 0.4) is 0 Å². The summed E-state index contributed by atoms with van der Waals surface area (Å²) in [7, 11) is 1.89. The van der Waals surface area contributed by atoms with E-state index in [4.69, 9.17) is 16.3 Å². The van der Waals surface area contributed by atoms with Crippen molar-refractivity contribution in [3.05, 3.63) is 0 Å². The smallest absolute Gasteiger partial charge is 0.217 e. The normalized spacial score (nSPS) is 23.0. The van der Waals surface area contributed by atoms with Crippen LogP contribution >= 0.6 is 11.6 Å². The Bertz CT molecular complexity index is 145. The van der Waals surface area contributed by atoms with Gasteiger partial charge in [-0.2, -0.15) is 0 Å². The number of carbonyl (C=O) groups excluding carboxylic acids is 1. The molecule has 0 spiro atoms. The number of hydrogen-bond acceptors (Lipinski definition) is 2. The summed E-state index contributed by atoms with van der Waals surface area (Å²) in [4.78, 5) is 10.8. The lowest BCUT2D eigenvalue weighted by atomic mass is 9.74. The Morgan fingerprint density at radius 1 is 1.55 bits per heavy atom.